The largest absolute Gasteiger partial charge is 0.491 e. The second-order valence-corrected chi connectivity index (χ2v) is 6.14. The van der Waals surface area contributed by atoms with Crippen molar-refractivity contribution in [1.82, 2.24) is 5.32 Å². The number of ether oxygens (including phenoxy) is 3. The smallest absolute Gasteiger partial charge is 0.119 e. The van der Waals surface area contributed by atoms with Gasteiger partial charge < -0.3 is 24.6 Å². The van der Waals surface area contributed by atoms with Gasteiger partial charge in [0.25, 0.3) is 0 Å². The molecule has 0 aromatic heterocycles. The van der Waals surface area contributed by atoms with Gasteiger partial charge in [-0.3, -0.25) is 0 Å². The molecule has 1 aromatic rings. The van der Waals surface area contributed by atoms with Crippen molar-refractivity contribution in [3.8, 4) is 5.75 Å². The van der Waals surface area contributed by atoms with Gasteiger partial charge in [-0.25, -0.2) is 0 Å². The van der Waals surface area contributed by atoms with Crippen molar-refractivity contribution in [3.63, 3.8) is 0 Å². The van der Waals surface area contributed by atoms with Crippen LogP contribution >= 0.6 is 0 Å². The number of hydrogen-bond donors (Lipinski definition) is 2. The summed E-state index contributed by atoms with van der Waals surface area (Å²) in [7, 11) is 0. The summed E-state index contributed by atoms with van der Waals surface area (Å²) >= 11 is 0. The SMILES string of the molecule is CC(C)NC[C@H](O)COc1ccc(COCCOC(C)C)cc1.[Zn]. The van der Waals surface area contributed by atoms with Gasteiger partial charge in [-0.1, -0.05) is 26.0 Å². The summed E-state index contributed by atoms with van der Waals surface area (Å²) in [6.45, 7) is 10.7. The van der Waals surface area contributed by atoms with E-state index in [0.29, 0.717) is 32.4 Å². The summed E-state index contributed by atoms with van der Waals surface area (Å²) < 4.78 is 16.5. The summed E-state index contributed by atoms with van der Waals surface area (Å²) in [5.74, 6) is 0.750. The van der Waals surface area contributed by atoms with Crippen LogP contribution in [0.1, 0.15) is 33.3 Å². The molecular weight excluding hydrogens is 360 g/mol. The third kappa shape index (κ3) is 11.9. The molecule has 0 fully saturated rings. The minimum atomic E-state index is -0.513. The van der Waals surface area contributed by atoms with E-state index in [2.05, 4.69) is 5.32 Å². The van der Waals surface area contributed by atoms with Crippen molar-refractivity contribution in [2.45, 2.75) is 52.6 Å². The van der Waals surface area contributed by atoms with Crippen molar-refractivity contribution in [3.05, 3.63) is 29.8 Å². The third-order valence-electron chi connectivity index (χ3n) is 3.08. The predicted molar refractivity (Wildman–Crippen MR) is 91.8 cm³/mol. The summed E-state index contributed by atoms with van der Waals surface area (Å²) in [6, 6.07) is 8.09. The molecule has 0 amide bonds. The maximum atomic E-state index is 9.80. The molecule has 0 bridgehead atoms. The van der Waals surface area contributed by atoms with Crippen molar-refractivity contribution in [2.24, 2.45) is 0 Å². The molecule has 0 heterocycles. The van der Waals surface area contributed by atoms with E-state index >= 15 is 0 Å². The Bertz CT molecular complexity index is 412. The first-order valence-corrected chi connectivity index (χ1v) is 8.30. The van der Waals surface area contributed by atoms with Crippen LogP contribution in [-0.4, -0.2) is 49.7 Å². The van der Waals surface area contributed by atoms with E-state index in [0.717, 1.165) is 11.3 Å². The minimum Gasteiger partial charge on any atom is -0.491 e. The molecule has 0 spiro atoms. The van der Waals surface area contributed by atoms with Gasteiger partial charge in [0, 0.05) is 32.1 Å². The van der Waals surface area contributed by atoms with Gasteiger partial charge in [0.1, 0.15) is 18.5 Å². The Labute approximate surface area is 158 Å². The second-order valence-electron chi connectivity index (χ2n) is 6.14. The summed E-state index contributed by atoms with van der Waals surface area (Å²) in [4.78, 5) is 0. The molecule has 0 saturated carbocycles. The second kappa shape index (κ2) is 13.7. The Hall–Kier alpha value is -0.517. The summed E-state index contributed by atoms with van der Waals surface area (Å²) in [5.41, 5.74) is 1.09. The first-order valence-electron chi connectivity index (χ1n) is 8.30. The molecule has 0 unspecified atom stereocenters. The zero-order valence-electron chi connectivity index (χ0n) is 15.5. The van der Waals surface area contributed by atoms with Crippen LogP contribution in [0.25, 0.3) is 0 Å². The molecule has 1 atom stereocenters. The van der Waals surface area contributed by atoms with Gasteiger partial charge in [-0.15, -0.1) is 0 Å². The molecular formula is C18H31NO4Zn. The molecule has 6 heteroatoms. The quantitative estimate of drug-likeness (QED) is 0.424. The Morgan fingerprint density at radius 2 is 1.71 bits per heavy atom. The van der Waals surface area contributed by atoms with Crippen molar-refractivity contribution in [1.29, 1.82) is 0 Å². The van der Waals surface area contributed by atoms with E-state index in [9.17, 15) is 5.11 Å². The molecule has 1 rings (SSSR count). The van der Waals surface area contributed by atoms with E-state index in [-0.39, 0.29) is 32.2 Å². The van der Waals surface area contributed by atoms with E-state index in [4.69, 9.17) is 14.2 Å². The van der Waals surface area contributed by atoms with Crippen LogP contribution in [0.2, 0.25) is 0 Å². The summed E-state index contributed by atoms with van der Waals surface area (Å²) in [6.07, 6.45) is -0.275. The van der Waals surface area contributed by atoms with Gasteiger partial charge in [-0.05, 0) is 31.5 Å². The topological polar surface area (TPSA) is 60.0 Å². The predicted octanol–water partition coefficient (Wildman–Crippen LogP) is 2.36. The Balaban J connectivity index is 0.00000529. The van der Waals surface area contributed by atoms with Crippen molar-refractivity contribution < 1.29 is 38.8 Å². The van der Waals surface area contributed by atoms with E-state index in [1.807, 2.05) is 52.0 Å². The van der Waals surface area contributed by atoms with Gasteiger partial charge in [0.2, 0.25) is 0 Å². The van der Waals surface area contributed by atoms with E-state index in [1.54, 1.807) is 0 Å². The number of hydrogen-bond acceptors (Lipinski definition) is 5. The van der Waals surface area contributed by atoms with Crippen LogP contribution in [0.5, 0.6) is 5.75 Å². The van der Waals surface area contributed by atoms with E-state index in [1.165, 1.54) is 0 Å². The maximum absolute atomic E-state index is 9.80. The molecule has 0 aliphatic rings. The zero-order chi connectivity index (χ0) is 17.1. The number of aliphatic hydroxyl groups excluding tert-OH is 1. The molecule has 5 nitrogen and oxygen atoms in total. The van der Waals surface area contributed by atoms with Crippen LogP contribution in [0.4, 0.5) is 0 Å². The van der Waals surface area contributed by atoms with Crippen LogP contribution in [-0.2, 0) is 35.6 Å². The van der Waals surface area contributed by atoms with Gasteiger partial charge in [-0.2, -0.15) is 0 Å². The van der Waals surface area contributed by atoms with Crippen LogP contribution < -0.4 is 10.1 Å². The molecule has 0 aliphatic carbocycles. The zero-order valence-corrected chi connectivity index (χ0v) is 18.4. The maximum Gasteiger partial charge on any atom is 0.119 e. The molecule has 1 aromatic carbocycles. The van der Waals surface area contributed by atoms with Crippen LogP contribution in [0.15, 0.2) is 24.3 Å². The first-order chi connectivity index (χ1) is 11.0. The molecule has 134 valence electrons. The number of rotatable bonds is 12. The average Bonchev–Trinajstić information content (AvgIpc) is 2.51. The molecule has 2 N–H and O–H groups in total. The number of aliphatic hydroxyl groups is 1. The van der Waals surface area contributed by atoms with Crippen LogP contribution in [0.3, 0.4) is 0 Å². The fraction of sp³-hybridized carbons (Fsp3) is 0.667. The number of benzene rings is 1. The van der Waals surface area contributed by atoms with Gasteiger partial charge >= 0.3 is 0 Å². The minimum absolute atomic E-state index is 0. The van der Waals surface area contributed by atoms with Crippen molar-refractivity contribution >= 4 is 0 Å². The molecule has 0 saturated heterocycles. The fourth-order valence-corrected chi connectivity index (χ4v) is 1.84. The van der Waals surface area contributed by atoms with Crippen molar-refractivity contribution in [2.75, 3.05) is 26.4 Å². The Kier molecular flexibility index (Phi) is 13.4. The molecule has 24 heavy (non-hydrogen) atoms. The molecule has 0 aliphatic heterocycles. The fourth-order valence-electron chi connectivity index (χ4n) is 1.84. The van der Waals surface area contributed by atoms with E-state index < -0.39 is 6.10 Å². The normalized spacial score (nSPS) is 12.3. The van der Waals surface area contributed by atoms with Gasteiger partial charge in [0.15, 0.2) is 0 Å². The van der Waals surface area contributed by atoms with Gasteiger partial charge in [0.05, 0.1) is 25.9 Å². The average molecular weight is 391 g/mol. The molecule has 0 radical (unpaired) electrons. The Morgan fingerprint density at radius 1 is 1.04 bits per heavy atom. The summed E-state index contributed by atoms with van der Waals surface area (Å²) in [5, 5.41) is 13.0. The third-order valence-corrected chi connectivity index (χ3v) is 3.08. The first kappa shape index (κ1) is 23.5. The Morgan fingerprint density at radius 3 is 2.29 bits per heavy atom. The monoisotopic (exact) mass is 389 g/mol. The van der Waals surface area contributed by atoms with Crippen LogP contribution in [0, 0.1) is 0 Å². The number of nitrogens with one attached hydrogen (secondary N) is 1. The standard InChI is InChI=1S/C18H31NO4.Zn/c1-14(2)19-11-17(20)13-23-18-7-5-16(6-8-18)12-21-9-10-22-15(3)4;/h5-8,14-15,17,19-20H,9-13H2,1-4H3;/t17-;/m0./s1.